The Labute approximate surface area is 106 Å². The summed E-state index contributed by atoms with van der Waals surface area (Å²) in [5.74, 6) is 0.783. The average Bonchev–Trinajstić information content (AvgIpc) is 2.38. The lowest BCUT2D eigenvalue weighted by atomic mass is 9.94. The highest BCUT2D eigenvalue weighted by Crippen LogP contribution is 2.20. The largest absolute Gasteiger partial charge is 0.381 e. The van der Waals surface area contributed by atoms with Gasteiger partial charge < -0.3 is 9.30 Å². The third-order valence-corrected chi connectivity index (χ3v) is 3.50. The number of hydrogen-bond donors (Lipinski definition) is 1. The van der Waals surface area contributed by atoms with Gasteiger partial charge in [0.05, 0.1) is 0 Å². The Morgan fingerprint density at radius 2 is 2.06 bits per heavy atom. The molecule has 0 atom stereocenters. The van der Waals surface area contributed by atoms with Crippen LogP contribution in [0.1, 0.15) is 32.1 Å². The number of ether oxygens (including phenoxy) is 1. The number of nitrogens with zero attached hydrogens (tertiary/aromatic N) is 1. The lowest BCUT2D eigenvalue weighted by Gasteiger charge is -2.21. The van der Waals surface area contributed by atoms with Crippen molar-refractivity contribution in [2.24, 2.45) is 5.92 Å². The molecule has 0 bridgehead atoms. The van der Waals surface area contributed by atoms with Crippen LogP contribution < -0.4 is 11.2 Å². The van der Waals surface area contributed by atoms with Crippen LogP contribution in [0.4, 0.5) is 0 Å². The zero-order valence-corrected chi connectivity index (χ0v) is 10.6. The maximum Gasteiger partial charge on any atom is 0.328 e. The first kappa shape index (κ1) is 13.1. The second-order valence-corrected chi connectivity index (χ2v) is 4.86. The Bertz CT molecular complexity index is 472. The first-order chi connectivity index (χ1) is 8.75. The van der Waals surface area contributed by atoms with Gasteiger partial charge in [0.2, 0.25) is 0 Å². The maximum atomic E-state index is 11.4. The van der Waals surface area contributed by atoms with Gasteiger partial charge in [0.15, 0.2) is 0 Å². The number of aryl methyl sites for hydroxylation is 1. The van der Waals surface area contributed by atoms with Crippen molar-refractivity contribution in [2.75, 3.05) is 13.2 Å². The highest BCUT2D eigenvalue weighted by Gasteiger charge is 2.12. The summed E-state index contributed by atoms with van der Waals surface area (Å²) in [6.45, 7) is 2.47. The summed E-state index contributed by atoms with van der Waals surface area (Å²) in [6, 6.07) is 1.39. The van der Waals surface area contributed by atoms with Crippen molar-refractivity contribution in [3.05, 3.63) is 33.1 Å². The fourth-order valence-corrected chi connectivity index (χ4v) is 2.37. The molecule has 1 fully saturated rings. The Morgan fingerprint density at radius 3 is 2.78 bits per heavy atom. The van der Waals surface area contributed by atoms with Crippen LogP contribution in [0.5, 0.6) is 0 Å². The number of unbranched alkanes of at least 4 members (excludes halogenated alkanes) is 1. The van der Waals surface area contributed by atoms with E-state index in [0.29, 0.717) is 6.54 Å². The second kappa shape index (κ2) is 6.54. The molecule has 0 aromatic carbocycles. The Hall–Kier alpha value is -1.36. The molecule has 0 unspecified atom stereocenters. The van der Waals surface area contributed by atoms with Crippen molar-refractivity contribution in [1.29, 1.82) is 0 Å². The number of aromatic nitrogens is 2. The summed E-state index contributed by atoms with van der Waals surface area (Å²) in [5, 5.41) is 0. The van der Waals surface area contributed by atoms with Gasteiger partial charge in [0.25, 0.3) is 5.56 Å². The van der Waals surface area contributed by atoms with Gasteiger partial charge in [-0.3, -0.25) is 9.78 Å². The molecule has 1 aromatic heterocycles. The van der Waals surface area contributed by atoms with E-state index in [2.05, 4.69) is 4.98 Å². The molecule has 0 radical (unpaired) electrons. The van der Waals surface area contributed by atoms with Crippen molar-refractivity contribution in [3.63, 3.8) is 0 Å². The Morgan fingerprint density at radius 1 is 1.28 bits per heavy atom. The minimum atomic E-state index is -0.335. The quantitative estimate of drug-likeness (QED) is 0.799. The van der Waals surface area contributed by atoms with Crippen LogP contribution in [0.15, 0.2) is 21.9 Å². The van der Waals surface area contributed by atoms with E-state index in [4.69, 9.17) is 4.74 Å². The van der Waals surface area contributed by atoms with Gasteiger partial charge in [0.1, 0.15) is 0 Å². The molecule has 18 heavy (non-hydrogen) atoms. The van der Waals surface area contributed by atoms with Gasteiger partial charge in [-0.25, -0.2) is 4.79 Å². The summed E-state index contributed by atoms with van der Waals surface area (Å²) >= 11 is 0. The van der Waals surface area contributed by atoms with E-state index in [1.54, 1.807) is 10.8 Å². The minimum Gasteiger partial charge on any atom is -0.381 e. The molecular weight excluding hydrogens is 232 g/mol. The molecule has 100 valence electrons. The molecule has 1 saturated heterocycles. The van der Waals surface area contributed by atoms with E-state index < -0.39 is 0 Å². The second-order valence-electron chi connectivity index (χ2n) is 4.86. The lowest BCUT2D eigenvalue weighted by molar-refractivity contribution is 0.0630. The van der Waals surface area contributed by atoms with E-state index in [9.17, 15) is 9.59 Å². The molecular formula is C13H20N2O3. The lowest BCUT2D eigenvalue weighted by Crippen LogP contribution is -2.28. The zero-order chi connectivity index (χ0) is 12.8. The molecule has 0 spiro atoms. The summed E-state index contributed by atoms with van der Waals surface area (Å²) in [6.07, 6.45) is 7.20. The SMILES string of the molecule is O=c1ccn(CCCCC2CCOCC2)c(=O)[nH]1. The van der Waals surface area contributed by atoms with Gasteiger partial charge in [0, 0.05) is 32.0 Å². The van der Waals surface area contributed by atoms with E-state index in [0.717, 1.165) is 32.0 Å². The van der Waals surface area contributed by atoms with Crippen LogP contribution in [0.3, 0.4) is 0 Å². The Kier molecular flexibility index (Phi) is 4.75. The molecule has 1 aliphatic rings. The van der Waals surface area contributed by atoms with Crippen molar-refractivity contribution < 1.29 is 4.74 Å². The average molecular weight is 252 g/mol. The molecule has 5 heteroatoms. The van der Waals surface area contributed by atoms with Gasteiger partial charge in [-0.2, -0.15) is 0 Å². The summed E-state index contributed by atoms with van der Waals surface area (Å²) in [4.78, 5) is 24.6. The van der Waals surface area contributed by atoms with Crippen molar-refractivity contribution in [3.8, 4) is 0 Å². The predicted octanol–water partition coefficient (Wildman–Crippen LogP) is 1.13. The first-order valence-electron chi connectivity index (χ1n) is 6.63. The number of rotatable bonds is 5. The number of nitrogens with one attached hydrogen (secondary N) is 1. The molecule has 0 aliphatic carbocycles. The highest BCUT2D eigenvalue weighted by atomic mass is 16.5. The normalized spacial score (nSPS) is 16.9. The van der Waals surface area contributed by atoms with Gasteiger partial charge in [-0.05, 0) is 25.2 Å². The van der Waals surface area contributed by atoms with Crippen LogP contribution >= 0.6 is 0 Å². The van der Waals surface area contributed by atoms with Crippen LogP contribution in [-0.4, -0.2) is 22.8 Å². The standard InChI is InChI=1S/C13H20N2O3/c16-12-4-8-15(13(17)14-12)7-2-1-3-11-5-9-18-10-6-11/h4,8,11H,1-3,5-7,9-10H2,(H,14,16,17). The number of hydrogen-bond acceptors (Lipinski definition) is 3. The molecule has 2 rings (SSSR count). The molecule has 1 N–H and O–H groups in total. The van der Waals surface area contributed by atoms with E-state index >= 15 is 0 Å². The van der Waals surface area contributed by atoms with Gasteiger partial charge >= 0.3 is 5.69 Å². The van der Waals surface area contributed by atoms with E-state index in [-0.39, 0.29) is 11.2 Å². The van der Waals surface area contributed by atoms with Crippen LogP contribution in [0.25, 0.3) is 0 Å². The molecule has 0 amide bonds. The van der Waals surface area contributed by atoms with Gasteiger partial charge in [-0.1, -0.05) is 12.8 Å². The fourth-order valence-electron chi connectivity index (χ4n) is 2.37. The highest BCUT2D eigenvalue weighted by molar-refractivity contribution is 4.82. The molecule has 2 heterocycles. The van der Waals surface area contributed by atoms with Crippen molar-refractivity contribution in [1.82, 2.24) is 9.55 Å². The minimum absolute atomic E-state index is 0.312. The molecule has 5 nitrogen and oxygen atoms in total. The van der Waals surface area contributed by atoms with Crippen molar-refractivity contribution >= 4 is 0 Å². The first-order valence-corrected chi connectivity index (χ1v) is 6.63. The summed E-state index contributed by atoms with van der Waals surface area (Å²) < 4.78 is 6.88. The van der Waals surface area contributed by atoms with Crippen molar-refractivity contribution in [2.45, 2.75) is 38.6 Å². The number of aromatic amines is 1. The third-order valence-electron chi connectivity index (χ3n) is 3.50. The maximum absolute atomic E-state index is 11.4. The zero-order valence-electron chi connectivity index (χ0n) is 10.6. The molecule has 0 saturated carbocycles. The third kappa shape index (κ3) is 3.84. The number of H-pyrrole nitrogens is 1. The van der Waals surface area contributed by atoms with E-state index in [1.807, 2.05) is 0 Å². The van der Waals surface area contributed by atoms with E-state index in [1.165, 1.54) is 25.3 Å². The predicted molar refractivity (Wildman–Crippen MR) is 68.7 cm³/mol. The smallest absolute Gasteiger partial charge is 0.328 e. The fraction of sp³-hybridized carbons (Fsp3) is 0.692. The summed E-state index contributed by atoms with van der Waals surface area (Å²) in [5.41, 5.74) is -0.646. The van der Waals surface area contributed by atoms with Crippen LogP contribution in [-0.2, 0) is 11.3 Å². The van der Waals surface area contributed by atoms with Crippen LogP contribution in [0, 0.1) is 5.92 Å². The summed E-state index contributed by atoms with van der Waals surface area (Å²) in [7, 11) is 0. The van der Waals surface area contributed by atoms with Crippen LogP contribution in [0.2, 0.25) is 0 Å². The topological polar surface area (TPSA) is 64.1 Å². The Balaban J connectivity index is 1.71. The van der Waals surface area contributed by atoms with Gasteiger partial charge in [-0.15, -0.1) is 0 Å². The molecule has 1 aromatic rings. The molecule has 1 aliphatic heterocycles. The monoisotopic (exact) mass is 252 g/mol.